The molecule has 1 aliphatic heterocycles. The Morgan fingerprint density at radius 1 is 1.13 bits per heavy atom. The fourth-order valence-electron chi connectivity index (χ4n) is 3.30. The SMILES string of the molecule is Cc1ccc(NC(=O)c2cnn3c2NC(C(=O)O)=CC3c2ccc(Cl)cc2)cc1C. The molecular formula is C22H19ClN4O3. The number of carboxylic acids is 1. The molecule has 30 heavy (non-hydrogen) atoms. The number of aryl methyl sites for hydroxylation is 2. The van der Waals surface area contributed by atoms with E-state index in [0.29, 0.717) is 16.5 Å². The molecule has 2 aromatic carbocycles. The Kier molecular flexibility index (Phi) is 5.05. The van der Waals surface area contributed by atoms with E-state index in [4.69, 9.17) is 11.6 Å². The molecule has 0 aliphatic carbocycles. The van der Waals surface area contributed by atoms with Crippen LogP contribution in [0.2, 0.25) is 5.02 Å². The minimum absolute atomic E-state index is 0.0248. The molecule has 3 N–H and O–H groups in total. The third-order valence-electron chi connectivity index (χ3n) is 5.09. The number of hydrogen-bond acceptors (Lipinski definition) is 4. The first-order valence-electron chi connectivity index (χ1n) is 9.27. The molecule has 0 saturated heterocycles. The number of carboxylic acid groups (broad SMARTS) is 1. The topological polar surface area (TPSA) is 96.3 Å². The second-order valence-electron chi connectivity index (χ2n) is 7.11. The van der Waals surface area contributed by atoms with Crippen LogP contribution in [-0.2, 0) is 4.79 Å². The molecule has 1 aliphatic rings. The largest absolute Gasteiger partial charge is 0.477 e. The normalized spacial score (nSPS) is 15.0. The molecule has 1 amide bonds. The van der Waals surface area contributed by atoms with Crippen molar-refractivity contribution < 1.29 is 14.7 Å². The van der Waals surface area contributed by atoms with Gasteiger partial charge in [0.05, 0.1) is 12.2 Å². The molecule has 0 spiro atoms. The highest BCUT2D eigenvalue weighted by atomic mass is 35.5. The number of nitrogens with zero attached hydrogens (tertiary/aromatic N) is 2. The van der Waals surface area contributed by atoms with Crippen molar-refractivity contribution in [2.24, 2.45) is 0 Å². The summed E-state index contributed by atoms with van der Waals surface area (Å²) >= 11 is 5.98. The Morgan fingerprint density at radius 2 is 1.87 bits per heavy atom. The molecule has 4 rings (SSSR count). The minimum atomic E-state index is -1.12. The van der Waals surface area contributed by atoms with E-state index in [9.17, 15) is 14.7 Å². The zero-order chi connectivity index (χ0) is 21.4. The number of benzene rings is 2. The number of rotatable bonds is 4. The number of hydrogen-bond donors (Lipinski definition) is 3. The molecule has 0 saturated carbocycles. The summed E-state index contributed by atoms with van der Waals surface area (Å²) in [6, 6.07) is 12.2. The summed E-state index contributed by atoms with van der Waals surface area (Å²) in [6.45, 7) is 3.96. The second-order valence-corrected chi connectivity index (χ2v) is 7.55. The number of allylic oxidation sites excluding steroid dienone is 1. The van der Waals surface area contributed by atoms with Crippen molar-refractivity contribution in [3.8, 4) is 0 Å². The zero-order valence-corrected chi connectivity index (χ0v) is 17.1. The summed E-state index contributed by atoms with van der Waals surface area (Å²) in [5.74, 6) is -1.19. The molecule has 8 heteroatoms. The van der Waals surface area contributed by atoms with Gasteiger partial charge in [0, 0.05) is 10.7 Å². The highest BCUT2D eigenvalue weighted by Crippen LogP contribution is 2.33. The van der Waals surface area contributed by atoms with Gasteiger partial charge in [-0.25, -0.2) is 9.48 Å². The van der Waals surface area contributed by atoms with Gasteiger partial charge in [0.15, 0.2) is 0 Å². The van der Waals surface area contributed by atoms with Crippen molar-refractivity contribution >= 4 is 35.0 Å². The molecule has 0 fully saturated rings. The highest BCUT2D eigenvalue weighted by Gasteiger charge is 2.29. The van der Waals surface area contributed by atoms with Gasteiger partial charge in [0.1, 0.15) is 17.1 Å². The van der Waals surface area contributed by atoms with E-state index in [1.807, 2.05) is 32.0 Å². The summed E-state index contributed by atoms with van der Waals surface area (Å²) in [7, 11) is 0. The number of carbonyl (C=O) groups is 2. The molecule has 0 radical (unpaired) electrons. The molecule has 2 heterocycles. The van der Waals surface area contributed by atoms with Crippen LogP contribution in [0.4, 0.5) is 11.5 Å². The van der Waals surface area contributed by atoms with Gasteiger partial charge in [0.25, 0.3) is 5.91 Å². The molecule has 1 aromatic heterocycles. The lowest BCUT2D eigenvalue weighted by Gasteiger charge is -2.24. The maximum Gasteiger partial charge on any atom is 0.352 e. The molecule has 0 bridgehead atoms. The van der Waals surface area contributed by atoms with Crippen molar-refractivity contribution in [2.45, 2.75) is 19.9 Å². The quantitative estimate of drug-likeness (QED) is 0.579. The molecule has 1 atom stereocenters. The van der Waals surface area contributed by atoms with Gasteiger partial charge in [0.2, 0.25) is 0 Å². The van der Waals surface area contributed by atoms with Crippen molar-refractivity contribution in [1.29, 1.82) is 0 Å². The maximum absolute atomic E-state index is 12.9. The average Bonchev–Trinajstić information content (AvgIpc) is 3.15. The van der Waals surface area contributed by atoms with Gasteiger partial charge >= 0.3 is 5.97 Å². The third kappa shape index (κ3) is 3.67. The molecule has 1 unspecified atom stereocenters. The molecular weight excluding hydrogens is 404 g/mol. The monoisotopic (exact) mass is 422 g/mol. The molecule has 152 valence electrons. The number of nitrogens with one attached hydrogen (secondary N) is 2. The lowest BCUT2D eigenvalue weighted by atomic mass is 10.0. The first-order valence-corrected chi connectivity index (χ1v) is 9.65. The van der Waals surface area contributed by atoms with Crippen molar-refractivity contribution in [3.05, 3.63) is 87.7 Å². The van der Waals surface area contributed by atoms with E-state index in [2.05, 4.69) is 15.7 Å². The van der Waals surface area contributed by atoms with Gasteiger partial charge in [-0.15, -0.1) is 0 Å². The number of aliphatic carboxylic acids is 1. The molecule has 3 aromatic rings. The van der Waals surface area contributed by atoms with Crippen molar-refractivity contribution in [2.75, 3.05) is 10.6 Å². The van der Waals surface area contributed by atoms with E-state index in [1.54, 1.807) is 35.0 Å². The van der Waals surface area contributed by atoms with Crippen LogP contribution >= 0.6 is 11.6 Å². The van der Waals surface area contributed by atoms with Gasteiger partial charge in [-0.2, -0.15) is 5.10 Å². The summed E-state index contributed by atoms with van der Waals surface area (Å²) in [4.78, 5) is 24.6. The lowest BCUT2D eigenvalue weighted by molar-refractivity contribution is -0.132. The maximum atomic E-state index is 12.9. The predicted octanol–water partition coefficient (Wildman–Crippen LogP) is 4.39. The standard InChI is InChI=1S/C22H19ClN4O3/c1-12-3-8-16(9-13(12)2)25-21(28)17-11-24-27-19(14-4-6-15(23)7-5-14)10-18(22(29)30)26-20(17)27/h3-11,19,26H,1-2H3,(H,25,28)(H,29,30). The van der Waals surface area contributed by atoms with Crippen LogP contribution in [0, 0.1) is 13.8 Å². The van der Waals surface area contributed by atoms with E-state index in [0.717, 1.165) is 16.7 Å². The first kappa shape index (κ1) is 19.7. The van der Waals surface area contributed by atoms with Crippen LogP contribution in [0.1, 0.15) is 33.1 Å². The minimum Gasteiger partial charge on any atom is -0.477 e. The fourth-order valence-corrected chi connectivity index (χ4v) is 3.43. The van der Waals surface area contributed by atoms with Crippen LogP contribution in [0.3, 0.4) is 0 Å². The van der Waals surface area contributed by atoms with Crippen LogP contribution in [-0.4, -0.2) is 26.8 Å². The fraction of sp³-hybridized carbons (Fsp3) is 0.136. The third-order valence-corrected chi connectivity index (χ3v) is 5.34. The van der Waals surface area contributed by atoms with Gasteiger partial charge in [-0.05, 0) is 60.9 Å². The van der Waals surface area contributed by atoms with E-state index in [1.165, 1.54) is 6.20 Å². The van der Waals surface area contributed by atoms with E-state index >= 15 is 0 Å². The van der Waals surface area contributed by atoms with E-state index in [-0.39, 0.29) is 17.2 Å². The Morgan fingerprint density at radius 3 is 2.53 bits per heavy atom. The first-order chi connectivity index (χ1) is 14.3. The average molecular weight is 423 g/mol. The number of amides is 1. The van der Waals surface area contributed by atoms with Crippen molar-refractivity contribution in [1.82, 2.24) is 9.78 Å². The number of carbonyl (C=O) groups excluding carboxylic acids is 1. The second kappa shape index (κ2) is 7.68. The van der Waals surface area contributed by atoms with Crippen LogP contribution < -0.4 is 10.6 Å². The summed E-state index contributed by atoms with van der Waals surface area (Å²) in [5, 5.41) is 20.1. The number of fused-ring (bicyclic) bond motifs is 1. The Labute approximate surface area is 178 Å². The number of aromatic nitrogens is 2. The Bertz CT molecular complexity index is 1180. The Balaban J connectivity index is 1.70. The van der Waals surface area contributed by atoms with Gasteiger partial charge in [-0.3, -0.25) is 4.79 Å². The van der Waals surface area contributed by atoms with Crippen LogP contribution in [0.25, 0.3) is 0 Å². The molecule has 7 nitrogen and oxygen atoms in total. The lowest BCUT2D eigenvalue weighted by Crippen LogP contribution is -2.25. The zero-order valence-electron chi connectivity index (χ0n) is 16.3. The van der Waals surface area contributed by atoms with Crippen molar-refractivity contribution in [3.63, 3.8) is 0 Å². The smallest absolute Gasteiger partial charge is 0.352 e. The Hall–Kier alpha value is -3.58. The van der Waals surface area contributed by atoms with E-state index < -0.39 is 12.0 Å². The predicted molar refractivity (Wildman–Crippen MR) is 115 cm³/mol. The van der Waals surface area contributed by atoms with Gasteiger partial charge < -0.3 is 15.7 Å². The number of halogens is 1. The van der Waals surface area contributed by atoms with Crippen LogP contribution in [0.5, 0.6) is 0 Å². The van der Waals surface area contributed by atoms with Crippen LogP contribution in [0.15, 0.2) is 60.4 Å². The summed E-state index contributed by atoms with van der Waals surface area (Å²) < 4.78 is 1.59. The summed E-state index contributed by atoms with van der Waals surface area (Å²) in [6.07, 6.45) is 2.98. The summed E-state index contributed by atoms with van der Waals surface area (Å²) in [5.41, 5.74) is 3.86. The van der Waals surface area contributed by atoms with Gasteiger partial charge in [-0.1, -0.05) is 29.8 Å². The highest BCUT2D eigenvalue weighted by molar-refractivity contribution is 6.30. The number of anilines is 2.